The molecule has 0 heterocycles. The molecular formula is C23H21N3O4S. The first-order valence-electron chi connectivity index (χ1n) is 9.56. The number of nitro groups is 1. The summed E-state index contributed by atoms with van der Waals surface area (Å²) in [6.45, 7) is 2.21. The first-order chi connectivity index (χ1) is 14.9. The summed E-state index contributed by atoms with van der Waals surface area (Å²) in [4.78, 5) is 22.9. The molecule has 3 aromatic rings. The number of benzene rings is 3. The summed E-state index contributed by atoms with van der Waals surface area (Å²) in [5.74, 6) is 0.208. The third-order valence-corrected chi connectivity index (χ3v) is 4.70. The van der Waals surface area contributed by atoms with Crippen molar-refractivity contribution in [1.82, 2.24) is 5.32 Å². The molecule has 0 saturated heterocycles. The van der Waals surface area contributed by atoms with Gasteiger partial charge in [0.05, 0.1) is 11.5 Å². The molecule has 0 bridgehead atoms. The van der Waals surface area contributed by atoms with Crippen LogP contribution in [0.1, 0.15) is 21.5 Å². The molecule has 7 nitrogen and oxygen atoms in total. The summed E-state index contributed by atoms with van der Waals surface area (Å²) in [6.07, 6.45) is 0.764. The monoisotopic (exact) mass is 435 g/mol. The molecule has 0 atom stereocenters. The lowest BCUT2D eigenvalue weighted by molar-refractivity contribution is -0.384. The van der Waals surface area contributed by atoms with Gasteiger partial charge in [0.2, 0.25) is 0 Å². The summed E-state index contributed by atoms with van der Waals surface area (Å²) in [5.41, 5.74) is 2.78. The van der Waals surface area contributed by atoms with E-state index in [1.54, 1.807) is 37.3 Å². The first kappa shape index (κ1) is 21.9. The normalized spacial score (nSPS) is 10.2. The van der Waals surface area contributed by atoms with Crippen LogP contribution in [0, 0.1) is 17.0 Å². The van der Waals surface area contributed by atoms with Crippen molar-refractivity contribution in [3.05, 3.63) is 99.6 Å². The Morgan fingerprint density at radius 2 is 1.84 bits per heavy atom. The average molecular weight is 436 g/mol. The minimum atomic E-state index is -0.466. The number of nitro benzene ring substituents is 1. The second kappa shape index (κ2) is 10.3. The Morgan fingerprint density at radius 3 is 2.55 bits per heavy atom. The van der Waals surface area contributed by atoms with Crippen molar-refractivity contribution in [3.63, 3.8) is 0 Å². The number of nitrogens with one attached hydrogen (secondary N) is 2. The lowest BCUT2D eigenvalue weighted by Crippen LogP contribution is -2.34. The van der Waals surface area contributed by atoms with E-state index in [0.717, 1.165) is 6.42 Å². The van der Waals surface area contributed by atoms with Crippen LogP contribution < -0.4 is 15.4 Å². The summed E-state index contributed by atoms with van der Waals surface area (Å²) in [5, 5.41) is 16.4. The number of thiocarbonyl (C=S) groups is 1. The zero-order chi connectivity index (χ0) is 22.2. The van der Waals surface area contributed by atoms with Gasteiger partial charge in [0.1, 0.15) is 5.75 Å². The molecule has 0 aliphatic carbocycles. The minimum absolute atomic E-state index is 0.0120. The van der Waals surface area contributed by atoms with E-state index in [1.165, 1.54) is 17.7 Å². The van der Waals surface area contributed by atoms with E-state index in [1.807, 2.05) is 30.3 Å². The molecule has 8 heteroatoms. The van der Waals surface area contributed by atoms with E-state index in [4.69, 9.17) is 17.0 Å². The van der Waals surface area contributed by atoms with Gasteiger partial charge < -0.3 is 10.1 Å². The Balaban J connectivity index is 1.55. The van der Waals surface area contributed by atoms with Gasteiger partial charge in [-0.25, -0.2) is 0 Å². The van der Waals surface area contributed by atoms with Gasteiger partial charge in [0.15, 0.2) is 5.11 Å². The smallest absolute Gasteiger partial charge is 0.269 e. The third kappa shape index (κ3) is 6.35. The van der Waals surface area contributed by atoms with Crippen molar-refractivity contribution in [1.29, 1.82) is 0 Å². The van der Waals surface area contributed by atoms with Gasteiger partial charge in [-0.05, 0) is 54.5 Å². The Hall–Kier alpha value is -3.78. The van der Waals surface area contributed by atoms with Crippen LogP contribution in [0.15, 0.2) is 72.8 Å². The van der Waals surface area contributed by atoms with Crippen LogP contribution >= 0.6 is 12.2 Å². The molecule has 1 amide bonds. The molecule has 31 heavy (non-hydrogen) atoms. The number of amides is 1. The second-order valence-corrected chi connectivity index (χ2v) is 7.18. The van der Waals surface area contributed by atoms with Gasteiger partial charge in [0.25, 0.3) is 11.6 Å². The molecule has 0 unspecified atom stereocenters. The molecule has 2 N–H and O–H groups in total. The van der Waals surface area contributed by atoms with Gasteiger partial charge in [0, 0.05) is 29.8 Å². The van der Waals surface area contributed by atoms with Crippen LogP contribution in [-0.2, 0) is 6.42 Å². The Morgan fingerprint density at radius 1 is 1.06 bits per heavy atom. The fourth-order valence-electron chi connectivity index (χ4n) is 2.89. The number of nitrogens with zero attached hydrogens (tertiary/aromatic N) is 1. The van der Waals surface area contributed by atoms with E-state index >= 15 is 0 Å². The van der Waals surface area contributed by atoms with Gasteiger partial charge in [-0.2, -0.15) is 0 Å². The summed E-state index contributed by atoms with van der Waals surface area (Å²) in [6, 6.07) is 21.2. The topological polar surface area (TPSA) is 93.5 Å². The highest BCUT2D eigenvalue weighted by atomic mass is 32.1. The lowest BCUT2D eigenvalue weighted by Gasteiger charge is -2.12. The predicted molar refractivity (Wildman–Crippen MR) is 124 cm³/mol. The maximum atomic E-state index is 12.5. The number of hydrogen-bond acceptors (Lipinski definition) is 5. The minimum Gasteiger partial charge on any atom is -0.493 e. The maximum absolute atomic E-state index is 12.5. The molecule has 0 aliphatic rings. The van der Waals surface area contributed by atoms with Gasteiger partial charge in [-0.1, -0.05) is 36.4 Å². The molecule has 3 aromatic carbocycles. The molecule has 0 radical (unpaired) electrons. The largest absolute Gasteiger partial charge is 0.493 e. The SMILES string of the molecule is Cc1cc([N+](=O)[O-])ccc1NC(=S)NC(=O)c1cccc(OCCc2ccccc2)c1. The Bertz CT molecular complexity index is 1100. The first-order valence-corrected chi connectivity index (χ1v) is 9.97. The van der Waals surface area contributed by atoms with Crippen molar-refractivity contribution >= 4 is 34.6 Å². The molecule has 0 aromatic heterocycles. The lowest BCUT2D eigenvalue weighted by atomic mass is 10.1. The molecule has 0 aliphatic heterocycles. The Kier molecular flexibility index (Phi) is 7.29. The van der Waals surface area contributed by atoms with Crippen molar-refractivity contribution in [2.24, 2.45) is 0 Å². The highest BCUT2D eigenvalue weighted by Gasteiger charge is 2.12. The third-order valence-electron chi connectivity index (χ3n) is 4.49. The standard InChI is InChI=1S/C23H21N3O4S/c1-16-14-19(26(28)29)10-11-21(16)24-23(31)25-22(27)18-8-5-9-20(15-18)30-13-12-17-6-3-2-4-7-17/h2-11,14-15H,12-13H2,1H3,(H2,24,25,27,31). The highest BCUT2D eigenvalue weighted by molar-refractivity contribution is 7.80. The molecular weight excluding hydrogens is 414 g/mol. The fourth-order valence-corrected chi connectivity index (χ4v) is 3.09. The van der Waals surface area contributed by atoms with Crippen LogP contribution in [0.5, 0.6) is 5.75 Å². The number of ether oxygens (including phenoxy) is 1. The van der Waals surface area contributed by atoms with Crippen LogP contribution in [0.2, 0.25) is 0 Å². The number of rotatable bonds is 7. The van der Waals surface area contributed by atoms with E-state index in [9.17, 15) is 14.9 Å². The molecule has 158 valence electrons. The van der Waals surface area contributed by atoms with E-state index in [0.29, 0.717) is 29.2 Å². The summed E-state index contributed by atoms with van der Waals surface area (Å²) in [7, 11) is 0. The molecule has 0 spiro atoms. The number of hydrogen-bond donors (Lipinski definition) is 2. The van der Waals surface area contributed by atoms with Crippen molar-refractivity contribution in [2.45, 2.75) is 13.3 Å². The van der Waals surface area contributed by atoms with Crippen molar-refractivity contribution in [2.75, 3.05) is 11.9 Å². The zero-order valence-corrected chi connectivity index (χ0v) is 17.6. The average Bonchev–Trinajstić information content (AvgIpc) is 2.76. The van der Waals surface area contributed by atoms with Crippen LogP contribution in [0.4, 0.5) is 11.4 Å². The quantitative estimate of drug-likeness (QED) is 0.319. The number of non-ortho nitro benzene ring substituents is 1. The maximum Gasteiger partial charge on any atom is 0.269 e. The summed E-state index contributed by atoms with van der Waals surface area (Å²) >= 11 is 5.21. The molecule has 3 rings (SSSR count). The van der Waals surface area contributed by atoms with E-state index in [-0.39, 0.29) is 16.7 Å². The van der Waals surface area contributed by atoms with Gasteiger partial charge >= 0.3 is 0 Å². The highest BCUT2D eigenvalue weighted by Crippen LogP contribution is 2.21. The number of carbonyl (C=O) groups excluding carboxylic acids is 1. The van der Waals surface area contributed by atoms with Crippen molar-refractivity contribution in [3.8, 4) is 5.75 Å². The van der Waals surface area contributed by atoms with Gasteiger partial charge in [-0.15, -0.1) is 0 Å². The predicted octanol–water partition coefficient (Wildman–Crippen LogP) is 4.65. The van der Waals surface area contributed by atoms with Crippen LogP contribution in [-0.4, -0.2) is 22.5 Å². The number of carbonyl (C=O) groups is 1. The van der Waals surface area contributed by atoms with Crippen LogP contribution in [0.3, 0.4) is 0 Å². The summed E-state index contributed by atoms with van der Waals surface area (Å²) < 4.78 is 5.76. The number of anilines is 1. The molecule has 0 fully saturated rings. The van der Waals surface area contributed by atoms with E-state index < -0.39 is 4.92 Å². The van der Waals surface area contributed by atoms with Gasteiger partial charge in [-0.3, -0.25) is 20.2 Å². The fraction of sp³-hybridized carbons (Fsp3) is 0.130. The van der Waals surface area contributed by atoms with E-state index in [2.05, 4.69) is 10.6 Å². The molecule has 0 saturated carbocycles. The second-order valence-electron chi connectivity index (χ2n) is 6.78. The Labute approximate surface area is 185 Å². The number of aryl methyl sites for hydroxylation is 1. The van der Waals surface area contributed by atoms with Crippen LogP contribution in [0.25, 0.3) is 0 Å². The van der Waals surface area contributed by atoms with Crippen molar-refractivity contribution < 1.29 is 14.5 Å². The zero-order valence-electron chi connectivity index (χ0n) is 16.8.